The number of carbonyl (C=O) groups excluding carboxylic acids is 1. The van der Waals surface area contributed by atoms with E-state index < -0.39 is 0 Å². The fraction of sp³-hybridized carbons (Fsp3) is 0.929. The normalized spacial score (nSPS) is 26.3. The number of esters is 1. The molecule has 2 rings (SSSR count). The monoisotopic (exact) mass is 224 g/mol. The first-order chi connectivity index (χ1) is 7.70. The number of hydrogen-bond donors (Lipinski definition) is 0. The van der Waals surface area contributed by atoms with E-state index in [9.17, 15) is 4.79 Å². The van der Waals surface area contributed by atoms with Gasteiger partial charge in [-0.3, -0.25) is 4.79 Å². The topological polar surface area (TPSA) is 26.3 Å². The maximum atomic E-state index is 12.0. The Kier molecular flexibility index (Phi) is 3.88. The molecule has 0 aromatic carbocycles. The highest BCUT2D eigenvalue weighted by atomic mass is 16.6. The Labute approximate surface area is 98.7 Å². The maximum Gasteiger partial charge on any atom is 0.309 e. The van der Waals surface area contributed by atoms with Gasteiger partial charge in [-0.2, -0.15) is 0 Å². The third-order valence-electron chi connectivity index (χ3n) is 4.20. The molecule has 0 aromatic heterocycles. The zero-order chi connectivity index (χ0) is 11.4. The summed E-state index contributed by atoms with van der Waals surface area (Å²) in [6.45, 7) is 2.12. The lowest BCUT2D eigenvalue weighted by Crippen LogP contribution is -2.36. The minimum Gasteiger partial charge on any atom is -0.459 e. The molecular weight excluding hydrogens is 200 g/mol. The second-order valence-electron chi connectivity index (χ2n) is 5.77. The van der Waals surface area contributed by atoms with E-state index in [1.54, 1.807) is 0 Å². The van der Waals surface area contributed by atoms with E-state index in [-0.39, 0.29) is 17.5 Å². The number of rotatable bonds is 2. The lowest BCUT2D eigenvalue weighted by molar-refractivity contribution is -0.167. The van der Waals surface area contributed by atoms with Crippen LogP contribution in [0.15, 0.2) is 0 Å². The summed E-state index contributed by atoms with van der Waals surface area (Å²) in [5, 5.41) is 0. The van der Waals surface area contributed by atoms with Crippen LogP contribution in [0.25, 0.3) is 0 Å². The second-order valence-corrected chi connectivity index (χ2v) is 5.77. The molecule has 0 N–H and O–H groups in total. The summed E-state index contributed by atoms with van der Waals surface area (Å²) in [6.07, 6.45) is 11.7. The number of ether oxygens (including phenoxy) is 1. The van der Waals surface area contributed by atoms with Gasteiger partial charge in [0.1, 0.15) is 5.60 Å². The van der Waals surface area contributed by atoms with Crippen molar-refractivity contribution in [3.63, 3.8) is 0 Å². The van der Waals surface area contributed by atoms with Gasteiger partial charge in [-0.1, -0.05) is 25.7 Å². The standard InChI is InChI=1S/C14H24O2/c1-14(10-6-3-7-11-14)16-13(15)12-8-4-2-5-9-12/h12H,2-11H2,1H3. The Balaban J connectivity index is 1.85. The predicted molar refractivity (Wildman–Crippen MR) is 64.2 cm³/mol. The molecule has 2 aliphatic rings. The Morgan fingerprint density at radius 3 is 2.19 bits per heavy atom. The maximum absolute atomic E-state index is 12.0. The molecule has 0 aliphatic heterocycles. The number of carbonyl (C=O) groups is 1. The van der Waals surface area contributed by atoms with Gasteiger partial charge in [-0.15, -0.1) is 0 Å². The van der Waals surface area contributed by atoms with Gasteiger partial charge in [0, 0.05) is 0 Å². The Hall–Kier alpha value is -0.530. The molecular formula is C14H24O2. The molecule has 0 saturated heterocycles. The molecule has 0 radical (unpaired) electrons. The largest absolute Gasteiger partial charge is 0.459 e. The van der Waals surface area contributed by atoms with Crippen molar-refractivity contribution in [1.82, 2.24) is 0 Å². The molecule has 2 aliphatic carbocycles. The molecule has 0 heterocycles. The molecule has 0 unspecified atom stereocenters. The van der Waals surface area contributed by atoms with E-state index in [0.717, 1.165) is 25.7 Å². The van der Waals surface area contributed by atoms with E-state index in [2.05, 4.69) is 6.92 Å². The fourth-order valence-electron chi connectivity index (χ4n) is 3.07. The smallest absolute Gasteiger partial charge is 0.309 e. The van der Waals surface area contributed by atoms with E-state index >= 15 is 0 Å². The van der Waals surface area contributed by atoms with Gasteiger partial charge in [-0.05, 0) is 45.4 Å². The first-order valence-corrected chi connectivity index (χ1v) is 6.92. The summed E-state index contributed by atoms with van der Waals surface area (Å²) in [7, 11) is 0. The summed E-state index contributed by atoms with van der Waals surface area (Å²) in [5.41, 5.74) is -0.146. The summed E-state index contributed by atoms with van der Waals surface area (Å²) >= 11 is 0. The van der Waals surface area contributed by atoms with Gasteiger partial charge in [0.15, 0.2) is 0 Å². The van der Waals surface area contributed by atoms with Crippen molar-refractivity contribution in [3.05, 3.63) is 0 Å². The summed E-state index contributed by atoms with van der Waals surface area (Å²) < 4.78 is 5.78. The lowest BCUT2D eigenvalue weighted by atomic mass is 9.85. The molecule has 0 spiro atoms. The zero-order valence-electron chi connectivity index (χ0n) is 10.5. The van der Waals surface area contributed by atoms with E-state index in [1.165, 1.54) is 38.5 Å². The SMILES string of the molecule is CC1(OC(=O)C2CCCCC2)CCCCC1. The van der Waals surface area contributed by atoms with Gasteiger partial charge in [0.2, 0.25) is 0 Å². The van der Waals surface area contributed by atoms with Crippen molar-refractivity contribution in [1.29, 1.82) is 0 Å². The lowest BCUT2D eigenvalue weighted by Gasteiger charge is -2.35. The Bertz CT molecular complexity index is 235. The van der Waals surface area contributed by atoms with Crippen LogP contribution in [0.4, 0.5) is 0 Å². The molecule has 0 aromatic rings. The average molecular weight is 224 g/mol. The van der Waals surface area contributed by atoms with Gasteiger partial charge < -0.3 is 4.74 Å². The van der Waals surface area contributed by atoms with Crippen molar-refractivity contribution in [2.75, 3.05) is 0 Å². The molecule has 92 valence electrons. The zero-order valence-corrected chi connectivity index (χ0v) is 10.5. The number of hydrogen-bond acceptors (Lipinski definition) is 2. The summed E-state index contributed by atoms with van der Waals surface area (Å²) in [5.74, 6) is 0.289. The van der Waals surface area contributed by atoms with Crippen LogP contribution < -0.4 is 0 Å². The average Bonchev–Trinajstić information content (AvgIpc) is 2.30. The van der Waals surface area contributed by atoms with Crippen molar-refractivity contribution in [2.45, 2.75) is 76.7 Å². The van der Waals surface area contributed by atoms with Gasteiger partial charge in [0.25, 0.3) is 0 Å². The Morgan fingerprint density at radius 2 is 1.56 bits per heavy atom. The highest BCUT2D eigenvalue weighted by Crippen LogP contribution is 2.33. The van der Waals surface area contributed by atoms with Gasteiger partial charge >= 0.3 is 5.97 Å². The van der Waals surface area contributed by atoms with Crippen LogP contribution in [0.5, 0.6) is 0 Å². The predicted octanol–water partition coefficient (Wildman–Crippen LogP) is 3.83. The second kappa shape index (κ2) is 5.20. The van der Waals surface area contributed by atoms with Crippen LogP contribution in [-0.2, 0) is 9.53 Å². The molecule has 16 heavy (non-hydrogen) atoms. The first kappa shape index (κ1) is 11.9. The van der Waals surface area contributed by atoms with E-state index in [0.29, 0.717) is 0 Å². The molecule has 0 bridgehead atoms. The summed E-state index contributed by atoms with van der Waals surface area (Å²) in [6, 6.07) is 0. The van der Waals surface area contributed by atoms with E-state index in [1.807, 2.05) is 0 Å². The molecule has 2 nitrogen and oxygen atoms in total. The van der Waals surface area contributed by atoms with Crippen molar-refractivity contribution in [2.24, 2.45) is 5.92 Å². The highest BCUT2D eigenvalue weighted by Gasteiger charge is 2.33. The van der Waals surface area contributed by atoms with Gasteiger partial charge in [0.05, 0.1) is 5.92 Å². The minimum absolute atomic E-state index is 0.0871. The molecule has 2 fully saturated rings. The van der Waals surface area contributed by atoms with Crippen LogP contribution in [-0.4, -0.2) is 11.6 Å². The van der Waals surface area contributed by atoms with Crippen molar-refractivity contribution < 1.29 is 9.53 Å². The fourth-order valence-corrected chi connectivity index (χ4v) is 3.07. The first-order valence-electron chi connectivity index (χ1n) is 6.92. The van der Waals surface area contributed by atoms with Crippen LogP contribution in [0, 0.1) is 5.92 Å². The quantitative estimate of drug-likeness (QED) is 0.666. The Morgan fingerprint density at radius 1 is 1.00 bits per heavy atom. The van der Waals surface area contributed by atoms with Crippen LogP contribution in [0.1, 0.15) is 71.1 Å². The van der Waals surface area contributed by atoms with E-state index in [4.69, 9.17) is 4.74 Å². The molecule has 2 heteroatoms. The van der Waals surface area contributed by atoms with Crippen molar-refractivity contribution in [3.8, 4) is 0 Å². The highest BCUT2D eigenvalue weighted by molar-refractivity contribution is 5.73. The van der Waals surface area contributed by atoms with Crippen LogP contribution in [0.3, 0.4) is 0 Å². The van der Waals surface area contributed by atoms with Crippen LogP contribution >= 0.6 is 0 Å². The van der Waals surface area contributed by atoms with Crippen molar-refractivity contribution >= 4 is 5.97 Å². The molecule has 0 amide bonds. The van der Waals surface area contributed by atoms with Gasteiger partial charge in [-0.25, -0.2) is 0 Å². The third kappa shape index (κ3) is 2.99. The summed E-state index contributed by atoms with van der Waals surface area (Å²) in [4.78, 5) is 12.0. The molecule has 0 atom stereocenters. The van der Waals surface area contributed by atoms with Crippen LogP contribution in [0.2, 0.25) is 0 Å². The molecule has 2 saturated carbocycles. The third-order valence-corrected chi connectivity index (χ3v) is 4.20. The minimum atomic E-state index is -0.146.